The van der Waals surface area contributed by atoms with E-state index in [9.17, 15) is 0 Å². The Morgan fingerprint density at radius 3 is 2.95 bits per heavy atom. The number of aromatic nitrogens is 1. The van der Waals surface area contributed by atoms with E-state index in [0.717, 1.165) is 24.8 Å². The fourth-order valence-electron chi connectivity index (χ4n) is 2.22. The van der Waals surface area contributed by atoms with E-state index in [4.69, 9.17) is 0 Å². The van der Waals surface area contributed by atoms with Crippen LogP contribution in [0.25, 0.3) is 0 Å². The van der Waals surface area contributed by atoms with E-state index in [1.165, 1.54) is 24.1 Å². The molecule has 1 fully saturated rings. The van der Waals surface area contributed by atoms with E-state index in [0.29, 0.717) is 0 Å². The van der Waals surface area contributed by atoms with E-state index in [1.54, 1.807) is 11.3 Å². The maximum atomic E-state index is 4.36. The van der Waals surface area contributed by atoms with Crippen molar-refractivity contribution in [2.75, 3.05) is 11.9 Å². The van der Waals surface area contributed by atoms with Crippen molar-refractivity contribution in [1.29, 1.82) is 0 Å². The Balaban J connectivity index is 1.70. The Kier molecular flexibility index (Phi) is 3.80. The molecular weight excluding hydrogens is 254 g/mol. The summed E-state index contributed by atoms with van der Waals surface area (Å²) in [4.78, 5) is 6.63. The van der Waals surface area contributed by atoms with Crippen molar-refractivity contribution in [1.82, 2.24) is 10.3 Å². The van der Waals surface area contributed by atoms with Gasteiger partial charge in [0.05, 0.1) is 17.7 Å². The van der Waals surface area contributed by atoms with Crippen LogP contribution in [0.4, 0.5) is 5.69 Å². The van der Waals surface area contributed by atoms with E-state index in [2.05, 4.69) is 51.9 Å². The van der Waals surface area contributed by atoms with Gasteiger partial charge in [0, 0.05) is 30.7 Å². The van der Waals surface area contributed by atoms with E-state index in [-0.39, 0.29) is 0 Å². The van der Waals surface area contributed by atoms with Crippen LogP contribution in [-0.4, -0.2) is 18.1 Å². The van der Waals surface area contributed by atoms with Gasteiger partial charge in [-0.2, -0.15) is 0 Å². The highest BCUT2D eigenvalue weighted by Crippen LogP contribution is 2.24. The van der Waals surface area contributed by atoms with Crippen molar-refractivity contribution in [3.8, 4) is 0 Å². The zero-order chi connectivity index (χ0) is 13.1. The van der Waals surface area contributed by atoms with E-state index < -0.39 is 0 Å². The number of para-hydroxylation sites is 1. The predicted molar refractivity (Wildman–Crippen MR) is 80.5 cm³/mol. The molecule has 1 aliphatic rings. The van der Waals surface area contributed by atoms with Gasteiger partial charge in [-0.15, -0.1) is 11.3 Å². The highest BCUT2D eigenvalue weighted by molar-refractivity contribution is 7.07. The molecule has 0 radical (unpaired) electrons. The first-order valence-corrected chi connectivity index (χ1v) is 7.66. The van der Waals surface area contributed by atoms with Crippen molar-refractivity contribution in [2.24, 2.45) is 0 Å². The summed E-state index contributed by atoms with van der Waals surface area (Å²) < 4.78 is 0. The maximum absolute atomic E-state index is 4.36. The molecule has 0 bridgehead atoms. The minimum absolute atomic E-state index is 0.747. The molecule has 100 valence electrons. The zero-order valence-corrected chi connectivity index (χ0v) is 12.0. The van der Waals surface area contributed by atoms with Gasteiger partial charge >= 0.3 is 0 Å². The lowest BCUT2D eigenvalue weighted by Crippen LogP contribution is -2.21. The Morgan fingerprint density at radius 2 is 2.21 bits per heavy atom. The summed E-state index contributed by atoms with van der Waals surface area (Å²) in [6.07, 6.45) is 2.66. The molecule has 0 spiro atoms. The Bertz CT molecular complexity index is 520. The predicted octanol–water partition coefficient (Wildman–Crippen LogP) is 3.03. The van der Waals surface area contributed by atoms with Crippen molar-refractivity contribution in [3.05, 3.63) is 46.4 Å². The van der Waals surface area contributed by atoms with Crippen molar-refractivity contribution in [2.45, 2.75) is 32.0 Å². The van der Waals surface area contributed by atoms with Crippen LogP contribution in [0.1, 0.15) is 24.1 Å². The number of hydrogen-bond donors (Lipinski definition) is 1. The third kappa shape index (κ3) is 3.33. The van der Waals surface area contributed by atoms with Gasteiger partial charge < -0.3 is 10.2 Å². The van der Waals surface area contributed by atoms with Crippen LogP contribution in [-0.2, 0) is 13.1 Å². The van der Waals surface area contributed by atoms with Crippen LogP contribution < -0.4 is 10.2 Å². The molecule has 2 aromatic rings. The fraction of sp³-hybridized carbons (Fsp3) is 0.400. The van der Waals surface area contributed by atoms with Crippen LogP contribution >= 0.6 is 11.3 Å². The molecule has 0 amide bonds. The molecule has 3 rings (SSSR count). The first-order valence-electron chi connectivity index (χ1n) is 6.72. The lowest BCUT2D eigenvalue weighted by Gasteiger charge is -2.22. The van der Waals surface area contributed by atoms with Crippen molar-refractivity contribution < 1.29 is 0 Å². The normalized spacial score (nSPS) is 14.6. The van der Waals surface area contributed by atoms with Crippen LogP contribution in [0, 0.1) is 0 Å². The van der Waals surface area contributed by atoms with Gasteiger partial charge in [0.2, 0.25) is 0 Å². The molecule has 0 aliphatic heterocycles. The van der Waals surface area contributed by atoms with Crippen molar-refractivity contribution >= 4 is 17.0 Å². The molecule has 19 heavy (non-hydrogen) atoms. The minimum Gasteiger partial charge on any atom is -0.368 e. The third-order valence-corrected chi connectivity index (χ3v) is 4.08. The average Bonchev–Trinajstić information content (AvgIpc) is 3.13. The zero-order valence-electron chi connectivity index (χ0n) is 11.2. The molecular formula is C15H19N3S. The highest BCUT2D eigenvalue weighted by Gasteiger charge is 2.20. The lowest BCUT2D eigenvalue weighted by molar-refractivity contribution is 0.685. The Morgan fingerprint density at radius 1 is 1.37 bits per heavy atom. The van der Waals surface area contributed by atoms with Gasteiger partial charge in [0.1, 0.15) is 0 Å². The summed E-state index contributed by atoms with van der Waals surface area (Å²) in [5.74, 6) is 0. The molecule has 1 aromatic carbocycles. The second kappa shape index (κ2) is 5.72. The van der Waals surface area contributed by atoms with Gasteiger partial charge in [0.15, 0.2) is 0 Å². The Hall–Kier alpha value is -1.39. The number of benzene rings is 1. The van der Waals surface area contributed by atoms with Gasteiger partial charge in [-0.25, -0.2) is 4.98 Å². The summed E-state index contributed by atoms with van der Waals surface area (Å²) in [6, 6.07) is 9.37. The number of thiazole rings is 1. The third-order valence-electron chi connectivity index (χ3n) is 3.44. The smallest absolute Gasteiger partial charge is 0.0795 e. The summed E-state index contributed by atoms with van der Waals surface area (Å²) >= 11 is 1.65. The van der Waals surface area contributed by atoms with Crippen LogP contribution in [0.3, 0.4) is 0 Å². The molecule has 1 N–H and O–H groups in total. The molecule has 1 saturated carbocycles. The molecule has 3 nitrogen and oxygen atoms in total. The number of nitrogens with zero attached hydrogens (tertiary/aromatic N) is 2. The number of nitrogens with one attached hydrogen (secondary N) is 1. The van der Waals surface area contributed by atoms with Crippen LogP contribution in [0.2, 0.25) is 0 Å². The molecule has 1 aliphatic carbocycles. The topological polar surface area (TPSA) is 28.2 Å². The van der Waals surface area contributed by atoms with E-state index >= 15 is 0 Å². The molecule has 4 heteroatoms. The van der Waals surface area contributed by atoms with Gasteiger partial charge in [-0.1, -0.05) is 18.2 Å². The average molecular weight is 273 g/mol. The summed E-state index contributed by atoms with van der Waals surface area (Å²) in [5, 5.41) is 5.70. The maximum Gasteiger partial charge on any atom is 0.0795 e. The highest BCUT2D eigenvalue weighted by atomic mass is 32.1. The standard InChI is InChI=1S/C15H19N3S/c1-18(9-14-10-19-11-17-14)15-5-3-2-4-12(15)8-16-13-6-7-13/h2-5,10-11,13,16H,6-9H2,1H3. The summed E-state index contributed by atoms with van der Waals surface area (Å²) in [6.45, 7) is 1.83. The minimum atomic E-state index is 0.747. The second-order valence-corrected chi connectivity index (χ2v) is 5.84. The monoisotopic (exact) mass is 273 g/mol. The first-order chi connectivity index (χ1) is 9.33. The van der Waals surface area contributed by atoms with Crippen LogP contribution in [0.5, 0.6) is 0 Å². The molecule has 0 atom stereocenters. The first kappa shape index (κ1) is 12.6. The summed E-state index contributed by atoms with van der Waals surface area (Å²) in [5.41, 5.74) is 5.69. The lowest BCUT2D eigenvalue weighted by atomic mass is 10.1. The molecule has 0 saturated heterocycles. The van der Waals surface area contributed by atoms with Crippen molar-refractivity contribution in [3.63, 3.8) is 0 Å². The number of anilines is 1. The van der Waals surface area contributed by atoms with Crippen LogP contribution in [0.15, 0.2) is 35.2 Å². The number of rotatable bonds is 6. The quantitative estimate of drug-likeness (QED) is 0.877. The molecule has 1 heterocycles. The fourth-order valence-corrected chi connectivity index (χ4v) is 2.77. The van der Waals surface area contributed by atoms with Gasteiger partial charge in [-0.3, -0.25) is 0 Å². The number of hydrogen-bond acceptors (Lipinski definition) is 4. The Labute approximate surface area is 118 Å². The second-order valence-electron chi connectivity index (χ2n) is 5.12. The molecule has 1 aromatic heterocycles. The molecule has 0 unspecified atom stereocenters. The SMILES string of the molecule is CN(Cc1cscn1)c1ccccc1CNC1CC1. The van der Waals surface area contributed by atoms with Gasteiger partial charge in [0.25, 0.3) is 0 Å². The largest absolute Gasteiger partial charge is 0.368 e. The van der Waals surface area contributed by atoms with Gasteiger partial charge in [-0.05, 0) is 24.5 Å². The summed E-state index contributed by atoms with van der Waals surface area (Å²) in [7, 11) is 2.13. The van der Waals surface area contributed by atoms with E-state index in [1.807, 2.05) is 5.51 Å².